The summed E-state index contributed by atoms with van der Waals surface area (Å²) in [6.07, 6.45) is 1.67. The van der Waals surface area contributed by atoms with Gasteiger partial charge in [0.1, 0.15) is 11.9 Å². The van der Waals surface area contributed by atoms with Gasteiger partial charge in [0.15, 0.2) is 10.8 Å². The summed E-state index contributed by atoms with van der Waals surface area (Å²) in [5, 5.41) is 15.4. The number of benzene rings is 2. The van der Waals surface area contributed by atoms with Crippen molar-refractivity contribution in [1.82, 2.24) is 20.1 Å². The number of aromatic nitrogens is 1. The molecule has 0 aliphatic carbocycles. The van der Waals surface area contributed by atoms with Crippen LogP contribution in [0.15, 0.2) is 70.3 Å². The van der Waals surface area contributed by atoms with Gasteiger partial charge < -0.3 is 20.1 Å². The van der Waals surface area contributed by atoms with Crippen molar-refractivity contribution in [3.8, 4) is 0 Å². The number of urea groups is 1. The number of amidine groups is 1. The molecule has 14 heteroatoms. The highest BCUT2D eigenvalue weighted by molar-refractivity contribution is 7.11. The van der Waals surface area contributed by atoms with Gasteiger partial charge >= 0.3 is 18.0 Å². The fraction of sp³-hybridized carbons (Fsp3) is 0.276. The van der Waals surface area contributed by atoms with Gasteiger partial charge in [-0.1, -0.05) is 29.8 Å². The fourth-order valence-corrected chi connectivity index (χ4v) is 6.47. The SMILES string of the molecule is COC(=O)C1=C(CN2CCN3C(=O)N(c4ccc(C(=O)O)cc4F)C[C@@H]3C2)NC(c2nccs2)=N[C@H]1c1ccccc1Cl. The molecule has 3 aliphatic rings. The summed E-state index contributed by atoms with van der Waals surface area (Å²) in [7, 11) is 1.32. The summed E-state index contributed by atoms with van der Waals surface area (Å²) in [4.78, 5) is 52.1. The molecule has 0 unspecified atom stereocenters. The second kappa shape index (κ2) is 11.7. The Morgan fingerprint density at radius 3 is 2.72 bits per heavy atom. The molecular formula is C29H26ClFN6O5S. The minimum Gasteiger partial charge on any atom is -0.478 e. The number of carboxylic acid groups (broad SMARTS) is 1. The molecule has 3 aliphatic heterocycles. The quantitative estimate of drug-likeness (QED) is 0.380. The van der Waals surface area contributed by atoms with Crippen LogP contribution in [0.4, 0.5) is 14.9 Å². The smallest absolute Gasteiger partial charge is 0.338 e. The minimum atomic E-state index is -1.25. The highest BCUT2D eigenvalue weighted by Crippen LogP contribution is 2.37. The van der Waals surface area contributed by atoms with Crippen molar-refractivity contribution in [3.05, 3.63) is 92.3 Å². The number of aromatic carboxylic acids is 1. The van der Waals surface area contributed by atoms with E-state index in [1.165, 1.54) is 35.5 Å². The van der Waals surface area contributed by atoms with E-state index in [1.54, 1.807) is 23.2 Å². The first-order valence-electron chi connectivity index (χ1n) is 13.4. The Morgan fingerprint density at radius 2 is 2.02 bits per heavy atom. The number of nitrogens with one attached hydrogen (secondary N) is 1. The molecule has 11 nitrogen and oxygen atoms in total. The lowest BCUT2D eigenvalue weighted by atomic mass is 9.95. The lowest BCUT2D eigenvalue weighted by Gasteiger charge is -2.38. The predicted octanol–water partition coefficient (Wildman–Crippen LogP) is 3.78. The maximum Gasteiger partial charge on any atom is 0.338 e. The number of hydrogen-bond acceptors (Lipinski definition) is 9. The third-order valence-corrected chi connectivity index (χ3v) is 8.79. The van der Waals surface area contributed by atoms with Crippen molar-refractivity contribution in [2.75, 3.05) is 44.7 Å². The Labute approximate surface area is 254 Å². The van der Waals surface area contributed by atoms with Gasteiger partial charge in [0.2, 0.25) is 0 Å². The van der Waals surface area contributed by atoms with Crippen molar-refractivity contribution < 1.29 is 28.6 Å². The second-order valence-electron chi connectivity index (χ2n) is 10.2. The number of aliphatic imine (C=N–C) groups is 1. The summed E-state index contributed by atoms with van der Waals surface area (Å²) in [5.41, 5.74) is 1.40. The van der Waals surface area contributed by atoms with Crippen LogP contribution in [-0.2, 0) is 9.53 Å². The molecule has 2 N–H and O–H groups in total. The number of fused-ring (bicyclic) bond motifs is 1. The molecule has 2 atom stereocenters. The monoisotopic (exact) mass is 624 g/mol. The highest BCUT2D eigenvalue weighted by Gasteiger charge is 2.43. The maximum atomic E-state index is 14.8. The van der Waals surface area contributed by atoms with Crippen molar-refractivity contribution in [3.63, 3.8) is 0 Å². The molecule has 0 radical (unpaired) electrons. The zero-order chi connectivity index (χ0) is 30.2. The lowest BCUT2D eigenvalue weighted by molar-refractivity contribution is -0.136. The number of piperazine rings is 1. The topological polar surface area (TPSA) is 128 Å². The van der Waals surface area contributed by atoms with E-state index in [4.69, 9.17) is 26.4 Å². The van der Waals surface area contributed by atoms with Crippen molar-refractivity contribution in [1.29, 1.82) is 0 Å². The average molecular weight is 625 g/mol. The Hall–Kier alpha value is -4.33. The molecule has 222 valence electrons. The minimum absolute atomic E-state index is 0.0347. The van der Waals surface area contributed by atoms with E-state index in [0.717, 1.165) is 6.07 Å². The van der Waals surface area contributed by atoms with E-state index >= 15 is 0 Å². The first kappa shape index (κ1) is 28.8. The van der Waals surface area contributed by atoms with Crippen molar-refractivity contribution in [2.24, 2.45) is 4.99 Å². The van der Waals surface area contributed by atoms with Gasteiger partial charge in [-0.25, -0.2) is 23.8 Å². The zero-order valence-electron chi connectivity index (χ0n) is 22.9. The fourth-order valence-electron chi connectivity index (χ4n) is 5.64. The number of carboxylic acids is 1. The largest absolute Gasteiger partial charge is 0.478 e. The van der Waals surface area contributed by atoms with Crippen LogP contribution in [0.5, 0.6) is 0 Å². The van der Waals surface area contributed by atoms with Gasteiger partial charge in [-0.3, -0.25) is 14.8 Å². The number of methoxy groups -OCH3 is 1. The molecule has 43 heavy (non-hydrogen) atoms. The number of thiazole rings is 1. The number of nitrogens with zero attached hydrogens (tertiary/aromatic N) is 5. The first-order chi connectivity index (χ1) is 20.7. The van der Waals surface area contributed by atoms with Gasteiger partial charge in [-0.2, -0.15) is 0 Å². The summed E-state index contributed by atoms with van der Waals surface area (Å²) in [6, 6.07) is 9.39. The molecule has 2 saturated heterocycles. The summed E-state index contributed by atoms with van der Waals surface area (Å²) in [6.45, 7) is 1.88. The van der Waals surface area contributed by atoms with E-state index in [-0.39, 0.29) is 29.9 Å². The predicted molar refractivity (Wildman–Crippen MR) is 158 cm³/mol. The lowest BCUT2D eigenvalue weighted by Crippen LogP contribution is -2.53. The molecule has 6 rings (SSSR count). The Morgan fingerprint density at radius 1 is 1.21 bits per heavy atom. The number of carbonyl (C=O) groups excluding carboxylic acids is 2. The maximum absolute atomic E-state index is 14.8. The number of esters is 1. The second-order valence-corrected chi connectivity index (χ2v) is 11.5. The summed E-state index contributed by atoms with van der Waals surface area (Å²) in [5.74, 6) is -2.06. The summed E-state index contributed by atoms with van der Waals surface area (Å²) < 4.78 is 20.0. The highest BCUT2D eigenvalue weighted by atomic mass is 35.5. The molecule has 2 aromatic carbocycles. The molecule has 2 amide bonds. The molecule has 1 aromatic heterocycles. The Balaban J connectivity index is 1.28. The van der Waals surface area contributed by atoms with Gasteiger partial charge in [0.25, 0.3) is 0 Å². The Bertz CT molecular complexity index is 1660. The molecule has 2 fully saturated rings. The molecule has 3 aromatic rings. The number of rotatable bonds is 7. The number of anilines is 1. The van der Waals surface area contributed by atoms with E-state index in [2.05, 4.69) is 15.2 Å². The van der Waals surface area contributed by atoms with Crippen LogP contribution in [0.1, 0.15) is 27.0 Å². The van der Waals surface area contributed by atoms with Crippen LogP contribution < -0.4 is 10.2 Å². The molecule has 4 heterocycles. The van der Waals surface area contributed by atoms with Gasteiger partial charge in [-0.05, 0) is 24.3 Å². The molecular weight excluding hydrogens is 599 g/mol. The summed E-state index contributed by atoms with van der Waals surface area (Å²) >= 11 is 7.98. The van der Waals surface area contributed by atoms with E-state index in [1.807, 2.05) is 17.5 Å². The van der Waals surface area contributed by atoms with Gasteiger partial charge in [-0.15, -0.1) is 11.3 Å². The Kier molecular flexibility index (Phi) is 7.86. The van der Waals surface area contributed by atoms with E-state index in [9.17, 15) is 18.8 Å². The number of halogens is 2. The van der Waals surface area contributed by atoms with Crippen molar-refractivity contribution >= 4 is 52.4 Å². The number of hydrogen-bond donors (Lipinski definition) is 2. The molecule has 0 spiro atoms. The van der Waals surface area contributed by atoms with Gasteiger partial charge in [0.05, 0.1) is 30.0 Å². The van der Waals surface area contributed by atoms with Crippen LogP contribution in [-0.4, -0.2) is 89.6 Å². The molecule has 0 saturated carbocycles. The average Bonchev–Trinajstić information content (AvgIpc) is 3.65. The number of carbonyl (C=O) groups is 3. The zero-order valence-corrected chi connectivity index (χ0v) is 24.4. The van der Waals surface area contributed by atoms with E-state index in [0.29, 0.717) is 58.9 Å². The van der Waals surface area contributed by atoms with Crippen molar-refractivity contribution in [2.45, 2.75) is 12.1 Å². The third kappa shape index (κ3) is 5.46. The normalized spacial score (nSPS) is 20.5. The standard InChI is InChI=1S/C29H26ClFN6O5S/c1-42-28(40)23-21(33-25(26-32-8-11-43-26)34-24(23)18-4-2-3-5-19(18)30)15-35-9-10-36-17(13-35)14-37(29(36)41)22-7-6-16(27(38)39)12-20(22)31/h2-8,11-12,17,24H,9-10,13-15H2,1H3,(H,33,34)(H,38,39)/t17-,24-/m0/s1. The third-order valence-electron chi connectivity index (χ3n) is 7.67. The number of amides is 2. The first-order valence-corrected chi connectivity index (χ1v) is 14.6. The van der Waals surface area contributed by atoms with E-state index < -0.39 is 23.8 Å². The van der Waals surface area contributed by atoms with Crippen LogP contribution in [0.25, 0.3) is 0 Å². The van der Waals surface area contributed by atoms with Gasteiger partial charge in [0, 0.05) is 60.6 Å². The number of ether oxygens (including phenoxy) is 1. The van der Waals surface area contributed by atoms with Crippen LogP contribution in [0.3, 0.4) is 0 Å². The van der Waals surface area contributed by atoms with Crippen LogP contribution in [0, 0.1) is 5.82 Å². The molecule has 0 bridgehead atoms. The van der Waals surface area contributed by atoms with Crippen LogP contribution >= 0.6 is 22.9 Å². The van der Waals surface area contributed by atoms with Crippen LogP contribution in [0.2, 0.25) is 5.02 Å².